The minimum absolute atomic E-state index is 0.0195. The summed E-state index contributed by atoms with van der Waals surface area (Å²) in [6.07, 6.45) is 9.19. The summed E-state index contributed by atoms with van der Waals surface area (Å²) < 4.78 is 47.7. The largest absolute Gasteiger partial charge is 0.459 e. The number of fused-ring (bicyclic) bond motifs is 2. The molecule has 0 radical (unpaired) electrons. The number of carbonyl (C=O) groups excluding carboxylic acids is 1. The molecule has 15 heteroatoms. The number of nitrogens with zero attached hydrogens (tertiary/aromatic N) is 3. The van der Waals surface area contributed by atoms with Gasteiger partial charge < -0.3 is 38.7 Å². The second kappa shape index (κ2) is 22.5. The van der Waals surface area contributed by atoms with E-state index in [2.05, 4.69) is 19.6 Å². The van der Waals surface area contributed by atoms with E-state index in [0.717, 1.165) is 60.8 Å². The monoisotopic (exact) mass is 947 g/mol. The Hall–Kier alpha value is -6.13. The number of nitro benzene ring substituents is 1. The molecule has 1 saturated carbocycles. The summed E-state index contributed by atoms with van der Waals surface area (Å²) in [5.74, 6) is -1.30. The van der Waals surface area contributed by atoms with Crippen molar-refractivity contribution in [2.45, 2.75) is 109 Å². The second-order valence-corrected chi connectivity index (χ2v) is 18.4. The van der Waals surface area contributed by atoms with Crippen LogP contribution in [0.5, 0.6) is 23.0 Å². The van der Waals surface area contributed by atoms with Crippen molar-refractivity contribution in [2.75, 3.05) is 26.4 Å². The summed E-state index contributed by atoms with van der Waals surface area (Å²) in [5.41, 5.74) is 4.91. The van der Waals surface area contributed by atoms with Crippen LogP contribution in [0.15, 0.2) is 114 Å². The highest BCUT2D eigenvalue weighted by Crippen LogP contribution is 2.62. The molecule has 1 saturated heterocycles. The number of carbonyl (C=O) groups is 1. The number of ether oxygens (including phenoxy) is 5. The molecule has 2 heterocycles. The first-order valence-corrected chi connectivity index (χ1v) is 24.1. The number of rotatable bonds is 20. The van der Waals surface area contributed by atoms with Gasteiger partial charge in [-0.2, -0.15) is 0 Å². The Bertz CT molecular complexity index is 2490. The van der Waals surface area contributed by atoms with Crippen LogP contribution in [-0.2, 0) is 20.9 Å². The third-order valence-electron chi connectivity index (χ3n) is 13.9. The molecule has 4 aromatic carbocycles. The van der Waals surface area contributed by atoms with Crippen LogP contribution in [0.2, 0.25) is 0 Å². The van der Waals surface area contributed by atoms with Gasteiger partial charge in [0.05, 0.1) is 29.8 Å². The zero-order chi connectivity index (χ0) is 48.5. The van der Waals surface area contributed by atoms with Crippen molar-refractivity contribution in [3.05, 3.63) is 147 Å². The average Bonchev–Trinajstić information content (AvgIpc) is 3.35. The highest BCUT2D eigenvalue weighted by Gasteiger charge is 2.66. The molecule has 2 N–H and O–H groups in total. The van der Waals surface area contributed by atoms with Gasteiger partial charge in [0, 0.05) is 56.2 Å². The number of hydrogen-bond acceptors (Lipinski definition) is 12. The molecule has 2 aliphatic heterocycles. The van der Waals surface area contributed by atoms with E-state index in [-0.39, 0.29) is 62.0 Å². The number of aliphatic hydroxyl groups is 2. The summed E-state index contributed by atoms with van der Waals surface area (Å²) in [7, 11) is 0. The van der Waals surface area contributed by atoms with E-state index in [1.807, 2.05) is 43.3 Å². The quantitative estimate of drug-likeness (QED) is 0.0374. The van der Waals surface area contributed by atoms with Crippen molar-refractivity contribution in [1.82, 2.24) is 4.90 Å². The lowest BCUT2D eigenvalue weighted by atomic mass is 9.55. The number of aliphatic hydroxyl groups excluding tert-OH is 2. The molecule has 2 fully saturated rings. The normalized spacial score (nSPS) is 24.2. The molecule has 0 aromatic heterocycles. The molecule has 7 atom stereocenters. The van der Waals surface area contributed by atoms with Crippen LogP contribution in [0, 0.1) is 47.5 Å². The molecular formula is C54H62FN3O11. The van der Waals surface area contributed by atoms with Crippen LogP contribution >= 0.6 is 0 Å². The lowest BCUT2D eigenvalue weighted by Gasteiger charge is -2.59. The van der Waals surface area contributed by atoms with E-state index in [4.69, 9.17) is 33.7 Å². The highest BCUT2D eigenvalue weighted by molar-refractivity contribution is 6.03. The van der Waals surface area contributed by atoms with E-state index in [9.17, 15) is 24.7 Å². The molecule has 14 nitrogen and oxygen atoms in total. The Morgan fingerprint density at radius 3 is 2.36 bits per heavy atom. The standard InChI is InChI=1S/C54H62FN3O11/c1-4-28-65-54-49(57(34-37-15-17-39(55)18-16-37)53(61)67-41-22-19-40(20-23-41)58(62)63)33-47(56-69-50-13-7-10-29-64-50)45-31-38(11-5-8-26-59)44(12-6-9-27-60)51(52(45)54)46-32-43(24-25-48(46)68-54)66-42-21-14-35(2)36(3)30-42/h4,14-25,30-32,38,44,49-52,59-60H,1,5-13,26-29,33-34H2,2-3H3/t38-,44+,49-,50?,51+,52+,54+/m0/s1. The van der Waals surface area contributed by atoms with E-state index >= 15 is 4.79 Å². The predicted molar refractivity (Wildman–Crippen MR) is 257 cm³/mol. The smallest absolute Gasteiger partial charge is 0.416 e. The van der Waals surface area contributed by atoms with Gasteiger partial charge in [-0.3, -0.25) is 15.0 Å². The van der Waals surface area contributed by atoms with Crippen LogP contribution in [0.1, 0.15) is 92.4 Å². The Morgan fingerprint density at radius 2 is 1.67 bits per heavy atom. The van der Waals surface area contributed by atoms with Crippen molar-refractivity contribution in [3.8, 4) is 23.0 Å². The van der Waals surface area contributed by atoms with Crippen molar-refractivity contribution < 1.29 is 52.8 Å². The minimum atomic E-state index is -1.64. The number of hydrogen-bond donors (Lipinski definition) is 2. The van der Waals surface area contributed by atoms with Crippen molar-refractivity contribution >= 4 is 17.5 Å². The molecule has 1 unspecified atom stereocenters. The van der Waals surface area contributed by atoms with Crippen LogP contribution in [0.4, 0.5) is 14.9 Å². The number of benzene rings is 4. The summed E-state index contributed by atoms with van der Waals surface area (Å²) in [5, 5.41) is 36.5. The molecule has 69 heavy (non-hydrogen) atoms. The average molecular weight is 948 g/mol. The Kier molecular flexibility index (Phi) is 16.1. The van der Waals surface area contributed by atoms with E-state index in [0.29, 0.717) is 54.4 Å². The first-order valence-electron chi connectivity index (χ1n) is 24.1. The molecular weight excluding hydrogens is 886 g/mol. The van der Waals surface area contributed by atoms with Gasteiger partial charge in [-0.25, -0.2) is 9.18 Å². The van der Waals surface area contributed by atoms with E-state index in [1.165, 1.54) is 41.3 Å². The van der Waals surface area contributed by atoms with E-state index in [1.54, 1.807) is 18.2 Å². The molecule has 2 aliphatic carbocycles. The summed E-state index contributed by atoms with van der Waals surface area (Å²) in [6.45, 7) is 8.68. The zero-order valence-corrected chi connectivity index (χ0v) is 39.3. The van der Waals surface area contributed by atoms with Gasteiger partial charge in [-0.05, 0) is 141 Å². The zero-order valence-electron chi connectivity index (χ0n) is 39.3. The number of halogens is 1. The number of amides is 1. The maximum absolute atomic E-state index is 15.1. The van der Waals surface area contributed by atoms with E-state index < -0.39 is 40.9 Å². The summed E-state index contributed by atoms with van der Waals surface area (Å²) in [6, 6.07) is 21.8. The predicted octanol–water partition coefficient (Wildman–Crippen LogP) is 11.0. The number of non-ortho nitro benzene ring substituents is 1. The minimum Gasteiger partial charge on any atom is -0.459 e. The van der Waals surface area contributed by atoms with Gasteiger partial charge in [0.1, 0.15) is 34.9 Å². The SMILES string of the molecule is C=CCO[C@@]12Oc3ccc(Oc4ccc(C)c(C)c4)cc3[C@H]3[C@H](CCCCO)[C@@H](CCCCO)C=C(C(=NOC4CCCCO4)C[C@@H]1N(Cc1ccc(F)cc1)C(=O)Oc1ccc([N+](=O)[O-])cc1)[C@H]32. The third-order valence-corrected chi connectivity index (χ3v) is 13.9. The molecule has 1 amide bonds. The van der Waals surface area contributed by atoms with Gasteiger partial charge in [-0.15, -0.1) is 6.58 Å². The molecule has 4 aliphatic rings. The third kappa shape index (κ3) is 11.2. The van der Waals surface area contributed by atoms with Crippen LogP contribution < -0.4 is 14.2 Å². The lowest BCUT2D eigenvalue weighted by Crippen LogP contribution is -2.70. The topological polar surface area (TPSA) is 172 Å². The first-order chi connectivity index (χ1) is 33.5. The number of oxime groups is 1. The molecule has 8 rings (SSSR count). The number of aryl methyl sites for hydroxylation is 2. The maximum atomic E-state index is 15.1. The van der Waals surface area contributed by atoms with Crippen molar-refractivity contribution in [2.24, 2.45) is 22.9 Å². The fraction of sp³-hybridized carbons (Fsp3) is 0.444. The van der Waals surface area contributed by atoms with Gasteiger partial charge in [0.2, 0.25) is 12.1 Å². The maximum Gasteiger partial charge on any atom is 0.416 e. The lowest BCUT2D eigenvalue weighted by molar-refractivity contribution is -0.384. The highest BCUT2D eigenvalue weighted by atomic mass is 19.1. The van der Waals surface area contributed by atoms with Gasteiger partial charge >= 0.3 is 6.09 Å². The number of unbranched alkanes of at least 4 members (excludes halogenated alkanes) is 2. The van der Waals surface area contributed by atoms with Crippen LogP contribution in [0.3, 0.4) is 0 Å². The summed E-state index contributed by atoms with van der Waals surface area (Å²) >= 11 is 0. The van der Waals surface area contributed by atoms with Crippen LogP contribution in [-0.4, -0.2) is 76.4 Å². The van der Waals surface area contributed by atoms with Crippen molar-refractivity contribution in [1.29, 1.82) is 0 Å². The van der Waals surface area contributed by atoms with Crippen LogP contribution in [0.25, 0.3) is 0 Å². The molecule has 4 aromatic rings. The Balaban J connectivity index is 1.34. The van der Waals surface area contributed by atoms with Crippen molar-refractivity contribution in [3.63, 3.8) is 0 Å². The Morgan fingerprint density at radius 1 is 0.942 bits per heavy atom. The van der Waals surface area contributed by atoms with Gasteiger partial charge in [0.25, 0.3) is 5.69 Å². The fourth-order valence-electron chi connectivity index (χ4n) is 10.4. The fourth-order valence-corrected chi connectivity index (χ4v) is 10.4. The number of nitro groups is 1. The first kappa shape index (κ1) is 49.3. The van der Waals surface area contributed by atoms with Gasteiger partial charge in [0.15, 0.2) is 0 Å². The molecule has 366 valence electrons. The van der Waals surface area contributed by atoms with Gasteiger partial charge in [-0.1, -0.05) is 48.3 Å². The molecule has 0 bridgehead atoms. The Labute approximate surface area is 402 Å². The summed E-state index contributed by atoms with van der Waals surface area (Å²) in [4.78, 5) is 33.9. The number of allylic oxidation sites excluding steroid dienone is 1. The molecule has 0 spiro atoms. The second-order valence-electron chi connectivity index (χ2n) is 18.4.